The van der Waals surface area contributed by atoms with E-state index < -0.39 is 0 Å². The van der Waals surface area contributed by atoms with Gasteiger partial charge in [0.1, 0.15) is 0 Å². The van der Waals surface area contributed by atoms with Crippen molar-refractivity contribution in [3.05, 3.63) is 20.3 Å². The molecule has 1 rings (SSSR count). The first-order valence-corrected chi connectivity index (χ1v) is 6.14. The second-order valence-electron chi connectivity index (χ2n) is 5.79. The van der Waals surface area contributed by atoms with E-state index in [1.807, 2.05) is 19.0 Å². The molecule has 0 aliphatic rings. The van der Waals surface area contributed by atoms with Gasteiger partial charge in [-0.15, -0.1) is 0 Å². The van der Waals surface area contributed by atoms with Crippen molar-refractivity contribution in [2.45, 2.75) is 40.0 Å². The van der Waals surface area contributed by atoms with Crippen LogP contribution in [0.25, 0.3) is 0 Å². The van der Waals surface area contributed by atoms with Gasteiger partial charge in [0, 0.05) is 19.7 Å². The summed E-state index contributed by atoms with van der Waals surface area (Å²) in [7, 11) is 3.80. The van der Waals surface area contributed by atoms with E-state index in [1.54, 1.807) is 0 Å². The summed E-state index contributed by atoms with van der Waals surface area (Å²) >= 11 is 5.10. The number of hydrogen-bond acceptors (Lipinski definition) is 3. The Bertz CT molecular complexity index is 433. The van der Waals surface area contributed by atoms with E-state index in [1.165, 1.54) is 0 Å². The van der Waals surface area contributed by atoms with Gasteiger partial charge in [-0.1, -0.05) is 33.0 Å². The van der Waals surface area contributed by atoms with Gasteiger partial charge in [-0.05, 0) is 24.7 Å². The lowest BCUT2D eigenvalue weighted by atomic mass is 9.88. The molecule has 0 unspecified atom stereocenters. The zero-order valence-corrected chi connectivity index (χ0v) is 11.7. The van der Waals surface area contributed by atoms with Gasteiger partial charge in [0.05, 0.1) is 10.2 Å². The molecule has 0 saturated carbocycles. The van der Waals surface area contributed by atoms with E-state index in [0.717, 1.165) is 30.5 Å². The average Bonchev–Trinajstić information content (AvgIpc) is 2.13. The quantitative estimate of drug-likeness (QED) is 0.753. The Hall–Kier alpha value is -0.700. The van der Waals surface area contributed by atoms with Crippen molar-refractivity contribution in [1.29, 1.82) is 0 Å². The zero-order valence-electron chi connectivity index (χ0n) is 10.9. The SMILES string of the molecule is CN(C)c1c(CCCC(C)(C)C)c(=S)c1=O. The molecule has 0 aliphatic carbocycles. The fourth-order valence-corrected chi connectivity index (χ4v) is 2.22. The highest BCUT2D eigenvalue weighted by Crippen LogP contribution is 2.25. The fraction of sp³-hybridized carbons (Fsp3) is 0.692. The third-order valence-corrected chi connectivity index (χ3v) is 3.21. The molecule has 3 heteroatoms. The molecular formula is C13H21NOS. The standard InChI is InChI=1S/C13H21NOS/c1-13(2,3)8-6-7-9-10(14(4)5)11(15)12(9)16/h6-8H2,1-5H3. The molecule has 90 valence electrons. The molecule has 0 spiro atoms. The summed E-state index contributed by atoms with van der Waals surface area (Å²) in [5.41, 5.74) is 2.31. The summed E-state index contributed by atoms with van der Waals surface area (Å²) < 4.78 is 0.553. The third-order valence-electron chi connectivity index (χ3n) is 2.78. The smallest absolute Gasteiger partial charge is 0.220 e. The van der Waals surface area contributed by atoms with Crippen molar-refractivity contribution >= 4 is 17.9 Å². The first-order chi connectivity index (χ1) is 7.24. The van der Waals surface area contributed by atoms with Gasteiger partial charge in [-0.2, -0.15) is 0 Å². The third kappa shape index (κ3) is 2.91. The molecule has 16 heavy (non-hydrogen) atoms. The first kappa shape index (κ1) is 13.4. The van der Waals surface area contributed by atoms with Gasteiger partial charge in [-0.25, -0.2) is 0 Å². The summed E-state index contributed by atoms with van der Waals surface area (Å²) in [5.74, 6) is 0. The van der Waals surface area contributed by atoms with Crippen LogP contribution in [0.15, 0.2) is 4.79 Å². The Balaban J connectivity index is 2.66. The average molecular weight is 239 g/mol. The normalized spacial score (nSPS) is 12.1. The molecule has 0 aromatic heterocycles. The van der Waals surface area contributed by atoms with E-state index in [9.17, 15) is 4.79 Å². The largest absolute Gasteiger partial charge is 0.374 e. The molecule has 0 saturated heterocycles. The van der Waals surface area contributed by atoms with Crippen molar-refractivity contribution in [3.8, 4) is 0 Å². The lowest BCUT2D eigenvalue weighted by Crippen LogP contribution is -2.27. The molecule has 0 fully saturated rings. The molecule has 0 N–H and O–H groups in total. The molecule has 0 heterocycles. The lowest BCUT2D eigenvalue weighted by Gasteiger charge is -2.21. The molecular weight excluding hydrogens is 218 g/mol. The number of nitrogens with zero attached hydrogens (tertiary/aromatic N) is 1. The van der Waals surface area contributed by atoms with Crippen LogP contribution in [-0.4, -0.2) is 14.1 Å². The maximum absolute atomic E-state index is 11.5. The van der Waals surface area contributed by atoms with Crippen molar-refractivity contribution < 1.29 is 0 Å². The van der Waals surface area contributed by atoms with Crippen LogP contribution >= 0.6 is 12.2 Å². The Morgan fingerprint density at radius 1 is 1.25 bits per heavy atom. The highest BCUT2D eigenvalue weighted by atomic mass is 32.1. The van der Waals surface area contributed by atoms with Crippen LogP contribution in [0.4, 0.5) is 5.69 Å². The van der Waals surface area contributed by atoms with E-state index in [0.29, 0.717) is 9.93 Å². The van der Waals surface area contributed by atoms with Crippen LogP contribution in [0.2, 0.25) is 0 Å². The minimum atomic E-state index is 0.0470. The van der Waals surface area contributed by atoms with Crippen LogP contribution in [0.5, 0.6) is 0 Å². The van der Waals surface area contributed by atoms with Crippen molar-refractivity contribution in [1.82, 2.24) is 0 Å². The molecule has 0 bridgehead atoms. The maximum atomic E-state index is 11.5. The van der Waals surface area contributed by atoms with E-state index in [-0.39, 0.29) is 5.43 Å². The van der Waals surface area contributed by atoms with Crippen LogP contribution in [0, 0.1) is 9.93 Å². The fourth-order valence-electron chi connectivity index (χ4n) is 1.93. The van der Waals surface area contributed by atoms with E-state index in [4.69, 9.17) is 12.2 Å². The number of anilines is 1. The molecule has 0 atom stereocenters. The second-order valence-corrected chi connectivity index (χ2v) is 6.20. The van der Waals surface area contributed by atoms with Crippen molar-refractivity contribution in [2.75, 3.05) is 19.0 Å². The summed E-state index contributed by atoms with van der Waals surface area (Å²) in [4.78, 5) is 13.4. The Labute approximate surface area is 103 Å². The minimum absolute atomic E-state index is 0.0470. The van der Waals surface area contributed by atoms with Gasteiger partial charge in [0.2, 0.25) is 5.43 Å². The Kier molecular flexibility index (Phi) is 3.89. The maximum Gasteiger partial charge on any atom is 0.220 e. The van der Waals surface area contributed by atoms with Gasteiger partial charge < -0.3 is 4.90 Å². The summed E-state index contributed by atoms with van der Waals surface area (Å²) in [5, 5.41) is 0. The van der Waals surface area contributed by atoms with Crippen molar-refractivity contribution in [3.63, 3.8) is 0 Å². The molecule has 1 aromatic rings. The van der Waals surface area contributed by atoms with Crippen LogP contribution in [-0.2, 0) is 6.42 Å². The van der Waals surface area contributed by atoms with Gasteiger partial charge in [0.15, 0.2) is 0 Å². The van der Waals surface area contributed by atoms with Crippen molar-refractivity contribution in [2.24, 2.45) is 5.41 Å². The predicted octanol–water partition coefficient (Wildman–Crippen LogP) is 3.09. The van der Waals surface area contributed by atoms with E-state index in [2.05, 4.69) is 20.8 Å². The molecule has 1 aromatic carbocycles. The Morgan fingerprint density at radius 2 is 1.81 bits per heavy atom. The van der Waals surface area contributed by atoms with E-state index >= 15 is 0 Å². The zero-order chi connectivity index (χ0) is 12.5. The highest BCUT2D eigenvalue weighted by Gasteiger charge is 2.19. The second kappa shape index (κ2) is 4.66. The van der Waals surface area contributed by atoms with Crippen LogP contribution in [0.1, 0.15) is 39.2 Å². The van der Waals surface area contributed by atoms with Gasteiger partial charge in [-0.3, -0.25) is 4.79 Å². The molecule has 0 aliphatic heterocycles. The van der Waals surface area contributed by atoms with Gasteiger partial charge in [0.25, 0.3) is 0 Å². The monoisotopic (exact) mass is 239 g/mol. The first-order valence-electron chi connectivity index (χ1n) is 5.73. The van der Waals surface area contributed by atoms with Gasteiger partial charge >= 0.3 is 0 Å². The summed E-state index contributed by atoms with van der Waals surface area (Å²) in [6.45, 7) is 6.70. The van der Waals surface area contributed by atoms with Crippen LogP contribution in [0.3, 0.4) is 0 Å². The number of rotatable bonds is 4. The topological polar surface area (TPSA) is 20.3 Å². The minimum Gasteiger partial charge on any atom is -0.374 e. The predicted molar refractivity (Wildman–Crippen MR) is 72.6 cm³/mol. The molecule has 2 nitrogen and oxygen atoms in total. The molecule has 0 radical (unpaired) electrons. The molecule has 0 amide bonds. The van der Waals surface area contributed by atoms with Crippen LogP contribution < -0.4 is 10.3 Å². The Morgan fingerprint density at radius 3 is 2.25 bits per heavy atom. The summed E-state index contributed by atoms with van der Waals surface area (Å²) in [6.07, 6.45) is 3.20. The summed E-state index contributed by atoms with van der Waals surface area (Å²) in [6, 6.07) is 0. The number of hydrogen-bond donors (Lipinski definition) is 0. The lowest BCUT2D eigenvalue weighted by molar-refractivity contribution is 0.365. The highest BCUT2D eigenvalue weighted by molar-refractivity contribution is 7.71.